The van der Waals surface area contributed by atoms with Crippen LogP contribution in [0.1, 0.15) is 0 Å². The van der Waals surface area contributed by atoms with Gasteiger partial charge in [0.2, 0.25) is 0 Å². The molecule has 5 aromatic carbocycles. The molecule has 6 rings (SSSR count). The summed E-state index contributed by atoms with van der Waals surface area (Å²) in [5, 5.41) is 2.32. The number of para-hydroxylation sites is 1. The van der Waals surface area contributed by atoms with Crippen molar-refractivity contribution in [2.75, 3.05) is 0 Å². The lowest BCUT2D eigenvalue weighted by Crippen LogP contribution is -1.83. The highest BCUT2D eigenvalue weighted by Crippen LogP contribution is 2.34. The first-order valence-electron chi connectivity index (χ1n) is 10.5. The van der Waals surface area contributed by atoms with Crippen LogP contribution in [0.25, 0.3) is 55.3 Å². The third-order valence-electron chi connectivity index (χ3n) is 5.90. The fourth-order valence-electron chi connectivity index (χ4n) is 4.27. The van der Waals surface area contributed by atoms with Gasteiger partial charge in [0.25, 0.3) is 0 Å². The number of hydrogen-bond donors (Lipinski definition) is 0. The SMILES string of the molecule is c1ccc(-c2ccc(-c3cccc(-c4ccc5oc6ccccc6c5c4)c3)cc2)cc1. The van der Waals surface area contributed by atoms with E-state index in [0.717, 1.165) is 21.9 Å². The Hall–Kier alpha value is -4.10. The van der Waals surface area contributed by atoms with Crippen LogP contribution in [0.5, 0.6) is 0 Å². The molecule has 0 aliphatic heterocycles. The van der Waals surface area contributed by atoms with E-state index in [2.05, 4.69) is 103 Å². The van der Waals surface area contributed by atoms with Gasteiger partial charge in [-0.1, -0.05) is 97.1 Å². The third-order valence-corrected chi connectivity index (χ3v) is 5.90. The maximum atomic E-state index is 5.98. The van der Waals surface area contributed by atoms with E-state index in [4.69, 9.17) is 4.42 Å². The summed E-state index contributed by atoms with van der Waals surface area (Å²) in [5.41, 5.74) is 9.17. The van der Waals surface area contributed by atoms with Gasteiger partial charge in [0.15, 0.2) is 0 Å². The molecule has 0 fully saturated rings. The van der Waals surface area contributed by atoms with Crippen molar-refractivity contribution in [3.8, 4) is 33.4 Å². The molecule has 0 radical (unpaired) electrons. The van der Waals surface area contributed by atoms with Crippen LogP contribution < -0.4 is 0 Å². The molecule has 1 aromatic heterocycles. The van der Waals surface area contributed by atoms with Crippen LogP contribution in [0.15, 0.2) is 126 Å². The van der Waals surface area contributed by atoms with E-state index in [9.17, 15) is 0 Å². The first kappa shape index (κ1) is 17.7. The van der Waals surface area contributed by atoms with Crippen molar-refractivity contribution in [1.82, 2.24) is 0 Å². The predicted molar refractivity (Wildman–Crippen MR) is 130 cm³/mol. The molecule has 1 heterocycles. The van der Waals surface area contributed by atoms with E-state index in [1.54, 1.807) is 0 Å². The summed E-state index contributed by atoms with van der Waals surface area (Å²) in [4.78, 5) is 0. The highest BCUT2D eigenvalue weighted by Gasteiger charge is 2.09. The highest BCUT2D eigenvalue weighted by molar-refractivity contribution is 6.06. The lowest BCUT2D eigenvalue weighted by atomic mass is 9.96. The number of rotatable bonds is 3. The Morgan fingerprint density at radius 2 is 0.839 bits per heavy atom. The lowest BCUT2D eigenvalue weighted by Gasteiger charge is -2.08. The van der Waals surface area contributed by atoms with Crippen LogP contribution >= 0.6 is 0 Å². The topological polar surface area (TPSA) is 13.1 Å². The number of benzene rings is 5. The molecule has 0 saturated carbocycles. The molecular formula is C30H20O. The van der Waals surface area contributed by atoms with Crippen molar-refractivity contribution in [2.24, 2.45) is 0 Å². The zero-order valence-electron chi connectivity index (χ0n) is 17.0. The van der Waals surface area contributed by atoms with Crippen molar-refractivity contribution >= 4 is 21.9 Å². The fraction of sp³-hybridized carbons (Fsp3) is 0. The molecule has 0 aliphatic rings. The number of furan rings is 1. The largest absolute Gasteiger partial charge is 0.456 e. The second kappa shape index (κ2) is 7.30. The molecule has 0 amide bonds. The quantitative estimate of drug-likeness (QED) is 0.292. The first-order chi connectivity index (χ1) is 15.3. The second-order valence-corrected chi connectivity index (χ2v) is 7.83. The molecule has 0 atom stereocenters. The van der Waals surface area contributed by atoms with E-state index in [-0.39, 0.29) is 0 Å². The molecule has 146 valence electrons. The Labute approximate surface area is 181 Å². The minimum absolute atomic E-state index is 0.928. The van der Waals surface area contributed by atoms with Crippen LogP contribution in [-0.2, 0) is 0 Å². The molecule has 0 bridgehead atoms. The van der Waals surface area contributed by atoms with Gasteiger partial charge in [0.05, 0.1) is 0 Å². The predicted octanol–water partition coefficient (Wildman–Crippen LogP) is 8.59. The van der Waals surface area contributed by atoms with Gasteiger partial charge in [-0.3, -0.25) is 0 Å². The average Bonchev–Trinajstić information content (AvgIpc) is 3.23. The van der Waals surface area contributed by atoms with Gasteiger partial charge in [-0.15, -0.1) is 0 Å². The van der Waals surface area contributed by atoms with Gasteiger partial charge < -0.3 is 4.42 Å². The Morgan fingerprint density at radius 3 is 1.65 bits per heavy atom. The van der Waals surface area contributed by atoms with Crippen molar-refractivity contribution in [2.45, 2.75) is 0 Å². The molecule has 0 unspecified atom stereocenters. The Bertz CT molecular complexity index is 1510. The Balaban J connectivity index is 1.38. The normalized spacial score (nSPS) is 11.2. The van der Waals surface area contributed by atoms with E-state index in [1.807, 2.05) is 18.2 Å². The summed E-state index contributed by atoms with van der Waals surface area (Å²) in [6, 6.07) is 42.7. The van der Waals surface area contributed by atoms with Crippen LogP contribution in [0.3, 0.4) is 0 Å². The van der Waals surface area contributed by atoms with E-state index in [0.29, 0.717) is 0 Å². The van der Waals surface area contributed by atoms with Crippen molar-refractivity contribution in [3.05, 3.63) is 121 Å². The molecule has 6 aromatic rings. The monoisotopic (exact) mass is 396 g/mol. The van der Waals surface area contributed by atoms with Gasteiger partial charge in [0.1, 0.15) is 11.2 Å². The highest BCUT2D eigenvalue weighted by atomic mass is 16.3. The summed E-state index contributed by atoms with van der Waals surface area (Å²) >= 11 is 0. The van der Waals surface area contributed by atoms with Gasteiger partial charge in [-0.05, 0) is 57.6 Å². The summed E-state index contributed by atoms with van der Waals surface area (Å²) < 4.78 is 5.98. The zero-order chi connectivity index (χ0) is 20.6. The second-order valence-electron chi connectivity index (χ2n) is 7.83. The van der Waals surface area contributed by atoms with Crippen molar-refractivity contribution in [1.29, 1.82) is 0 Å². The number of hydrogen-bond acceptors (Lipinski definition) is 1. The lowest BCUT2D eigenvalue weighted by molar-refractivity contribution is 0.669. The number of fused-ring (bicyclic) bond motifs is 3. The van der Waals surface area contributed by atoms with Gasteiger partial charge in [-0.2, -0.15) is 0 Å². The molecule has 0 spiro atoms. The van der Waals surface area contributed by atoms with Crippen LogP contribution in [0.2, 0.25) is 0 Å². The standard InChI is InChI=1S/C30H20O/c1-2-7-21(8-3-1)22-13-15-23(16-14-22)24-9-6-10-25(19-24)26-17-18-30-28(20-26)27-11-4-5-12-29(27)31-30/h1-20H. The summed E-state index contributed by atoms with van der Waals surface area (Å²) in [6.45, 7) is 0. The molecule has 0 aliphatic carbocycles. The summed E-state index contributed by atoms with van der Waals surface area (Å²) in [7, 11) is 0. The molecule has 1 heteroatoms. The van der Waals surface area contributed by atoms with E-state index >= 15 is 0 Å². The third kappa shape index (κ3) is 3.21. The van der Waals surface area contributed by atoms with Crippen LogP contribution in [-0.4, -0.2) is 0 Å². The first-order valence-corrected chi connectivity index (χ1v) is 10.5. The van der Waals surface area contributed by atoms with Crippen LogP contribution in [0, 0.1) is 0 Å². The molecule has 0 N–H and O–H groups in total. The van der Waals surface area contributed by atoms with Gasteiger partial charge >= 0.3 is 0 Å². The molecule has 0 saturated heterocycles. The fourth-order valence-corrected chi connectivity index (χ4v) is 4.27. The summed E-state index contributed by atoms with van der Waals surface area (Å²) in [5.74, 6) is 0. The van der Waals surface area contributed by atoms with Crippen molar-refractivity contribution in [3.63, 3.8) is 0 Å². The molecular weight excluding hydrogens is 376 g/mol. The smallest absolute Gasteiger partial charge is 0.135 e. The van der Waals surface area contributed by atoms with Crippen LogP contribution in [0.4, 0.5) is 0 Å². The minimum atomic E-state index is 0.928. The van der Waals surface area contributed by atoms with Gasteiger partial charge in [0, 0.05) is 10.8 Å². The molecule has 31 heavy (non-hydrogen) atoms. The summed E-state index contributed by atoms with van der Waals surface area (Å²) in [6.07, 6.45) is 0. The Morgan fingerprint density at radius 1 is 0.323 bits per heavy atom. The maximum Gasteiger partial charge on any atom is 0.135 e. The molecule has 1 nitrogen and oxygen atoms in total. The average molecular weight is 396 g/mol. The maximum absolute atomic E-state index is 5.98. The van der Waals surface area contributed by atoms with E-state index < -0.39 is 0 Å². The minimum Gasteiger partial charge on any atom is -0.456 e. The van der Waals surface area contributed by atoms with E-state index in [1.165, 1.54) is 33.4 Å². The van der Waals surface area contributed by atoms with Crippen molar-refractivity contribution < 1.29 is 4.42 Å². The van der Waals surface area contributed by atoms with Gasteiger partial charge in [-0.25, -0.2) is 0 Å². The zero-order valence-corrected chi connectivity index (χ0v) is 17.0. The Kier molecular flexibility index (Phi) is 4.18.